The highest BCUT2D eigenvalue weighted by atomic mass is 16.1. The van der Waals surface area contributed by atoms with E-state index in [1.54, 1.807) is 6.08 Å². The van der Waals surface area contributed by atoms with Crippen LogP contribution in [0.3, 0.4) is 0 Å². The zero-order chi connectivity index (χ0) is 10.4. The lowest BCUT2D eigenvalue weighted by Gasteiger charge is -2.14. The summed E-state index contributed by atoms with van der Waals surface area (Å²) in [6, 6.07) is 0. The molecule has 2 nitrogen and oxygen atoms in total. The Morgan fingerprint density at radius 2 is 2.14 bits per heavy atom. The van der Waals surface area contributed by atoms with Crippen LogP contribution in [0.25, 0.3) is 0 Å². The maximum absolute atomic E-state index is 11.1. The molecule has 14 heavy (non-hydrogen) atoms. The molecule has 0 spiro atoms. The van der Waals surface area contributed by atoms with E-state index in [9.17, 15) is 4.79 Å². The molecular weight excluding hydrogens is 174 g/mol. The summed E-state index contributed by atoms with van der Waals surface area (Å²) in [6.45, 7) is 5.23. The number of ketones is 1. The zero-order valence-corrected chi connectivity index (χ0v) is 9.10. The lowest BCUT2D eigenvalue weighted by molar-refractivity contribution is -0.114. The number of rotatable bonds is 5. The van der Waals surface area contributed by atoms with Crippen molar-refractivity contribution in [2.75, 3.05) is 6.54 Å². The molecule has 1 N–H and O–H groups in total. The molecule has 0 fully saturated rings. The standard InChI is InChI=1S/C12H19NO/c1-3-4-5-8-13-12-9-11(14)7-6-10(12)2/h6-7,13H,3-5,8-9H2,1-2H3. The van der Waals surface area contributed by atoms with E-state index < -0.39 is 0 Å². The topological polar surface area (TPSA) is 29.1 Å². The van der Waals surface area contributed by atoms with E-state index in [0.29, 0.717) is 6.42 Å². The number of hydrogen-bond donors (Lipinski definition) is 1. The number of nitrogens with one attached hydrogen (secondary N) is 1. The van der Waals surface area contributed by atoms with E-state index in [1.807, 2.05) is 13.0 Å². The van der Waals surface area contributed by atoms with Crippen LogP contribution in [0.1, 0.15) is 39.5 Å². The van der Waals surface area contributed by atoms with Gasteiger partial charge in [-0.05, 0) is 25.0 Å². The minimum atomic E-state index is 0.202. The second-order valence-electron chi connectivity index (χ2n) is 3.77. The fourth-order valence-corrected chi connectivity index (χ4v) is 1.51. The molecule has 1 aliphatic carbocycles. The average molecular weight is 193 g/mol. The van der Waals surface area contributed by atoms with Gasteiger partial charge in [0.25, 0.3) is 0 Å². The van der Waals surface area contributed by atoms with Crippen LogP contribution in [0.15, 0.2) is 23.4 Å². The second-order valence-corrected chi connectivity index (χ2v) is 3.77. The lowest BCUT2D eigenvalue weighted by Crippen LogP contribution is -2.20. The fraction of sp³-hybridized carbons (Fsp3) is 0.583. The Hall–Kier alpha value is -1.05. The Morgan fingerprint density at radius 1 is 1.36 bits per heavy atom. The molecule has 78 valence electrons. The van der Waals surface area contributed by atoms with Crippen LogP contribution in [-0.4, -0.2) is 12.3 Å². The first-order valence-corrected chi connectivity index (χ1v) is 5.38. The Balaban J connectivity index is 2.35. The van der Waals surface area contributed by atoms with Crippen molar-refractivity contribution in [1.82, 2.24) is 5.32 Å². The third-order valence-corrected chi connectivity index (χ3v) is 2.46. The molecule has 0 radical (unpaired) electrons. The Bertz CT molecular complexity index is 263. The summed E-state index contributed by atoms with van der Waals surface area (Å²) in [5, 5.41) is 3.34. The van der Waals surface area contributed by atoms with Crippen LogP contribution in [0.2, 0.25) is 0 Å². The molecule has 0 atom stereocenters. The van der Waals surface area contributed by atoms with Gasteiger partial charge >= 0.3 is 0 Å². The Kier molecular flexibility index (Phi) is 4.44. The summed E-state index contributed by atoms with van der Waals surface area (Å²) in [5.41, 5.74) is 2.30. The first kappa shape index (κ1) is 11.0. The Labute approximate surface area is 86.1 Å². The van der Waals surface area contributed by atoms with Gasteiger partial charge in [0.05, 0.1) is 6.42 Å². The molecule has 2 heteroatoms. The number of hydrogen-bond acceptors (Lipinski definition) is 2. The van der Waals surface area contributed by atoms with E-state index in [4.69, 9.17) is 0 Å². The second kappa shape index (κ2) is 5.63. The zero-order valence-electron chi connectivity index (χ0n) is 9.10. The van der Waals surface area contributed by atoms with Crippen LogP contribution in [0.4, 0.5) is 0 Å². The first-order valence-electron chi connectivity index (χ1n) is 5.38. The number of allylic oxidation sites excluding steroid dienone is 4. The summed E-state index contributed by atoms with van der Waals surface area (Å²) in [7, 11) is 0. The monoisotopic (exact) mass is 193 g/mol. The van der Waals surface area contributed by atoms with Gasteiger partial charge in [0.1, 0.15) is 0 Å². The molecule has 0 amide bonds. The van der Waals surface area contributed by atoms with Gasteiger partial charge in [-0.2, -0.15) is 0 Å². The molecule has 0 heterocycles. The lowest BCUT2D eigenvalue weighted by atomic mass is 10.0. The fourth-order valence-electron chi connectivity index (χ4n) is 1.51. The third kappa shape index (κ3) is 3.36. The van der Waals surface area contributed by atoms with Gasteiger partial charge in [-0.25, -0.2) is 0 Å². The maximum atomic E-state index is 11.1. The van der Waals surface area contributed by atoms with Gasteiger partial charge in [-0.15, -0.1) is 0 Å². The van der Waals surface area contributed by atoms with E-state index in [-0.39, 0.29) is 5.78 Å². The highest BCUT2D eigenvalue weighted by molar-refractivity contribution is 5.93. The maximum Gasteiger partial charge on any atom is 0.161 e. The predicted molar refractivity (Wildman–Crippen MR) is 59.0 cm³/mol. The molecule has 1 rings (SSSR count). The van der Waals surface area contributed by atoms with Gasteiger partial charge in [0.2, 0.25) is 0 Å². The van der Waals surface area contributed by atoms with Crippen molar-refractivity contribution >= 4 is 5.78 Å². The van der Waals surface area contributed by atoms with Crippen molar-refractivity contribution in [3.8, 4) is 0 Å². The third-order valence-electron chi connectivity index (χ3n) is 2.46. The van der Waals surface area contributed by atoms with E-state index in [1.165, 1.54) is 24.8 Å². The van der Waals surface area contributed by atoms with Crippen molar-refractivity contribution < 1.29 is 4.79 Å². The molecule has 1 aliphatic rings. The van der Waals surface area contributed by atoms with Crippen molar-refractivity contribution in [1.29, 1.82) is 0 Å². The highest BCUT2D eigenvalue weighted by Gasteiger charge is 2.09. The van der Waals surface area contributed by atoms with Crippen LogP contribution >= 0.6 is 0 Å². The summed E-state index contributed by atoms with van der Waals surface area (Å²) in [6.07, 6.45) is 7.78. The van der Waals surface area contributed by atoms with Gasteiger partial charge in [0.15, 0.2) is 5.78 Å². The van der Waals surface area contributed by atoms with Crippen molar-refractivity contribution in [2.24, 2.45) is 0 Å². The summed E-state index contributed by atoms with van der Waals surface area (Å²) in [4.78, 5) is 11.1. The molecule has 0 bridgehead atoms. The smallest absolute Gasteiger partial charge is 0.161 e. The van der Waals surface area contributed by atoms with Crippen LogP contribution in [0.5, 0.6) is 0 Å². The van der Waals surface area contributed by atoms with E-state index in [0.717, 1.165) is 12.2 Å². The summed E-state index contributed by atoms with van der Waals surface area (Å²) in [5.74, 6) is 0.202. The van der Waals surface area contributed by atoms with Crippen LogP contribution in [-0.2, 0) is 4.79 Å². The molecule has 0 aliphatic heterocycles. The minimum absolute atomic E-state index is 0.202. The molecule has 0 aromatic heterocycles. The predicted octanol–water partition coefficient (Wildman–Crippen LogP) is 2.57. The number of carbonyl (C=O) groups excluding carboxylic acids is 1. The van der Waals surface area contributed by atoms with Gasteiger partial charge in [0, 0.05) is 12.2 Å². The van der Waals surface area contributed by atoms with Crippen LogP contribution in [0, 0.1) is 0 Å². The normalized spacial score (nSPS) is 16.3. The number of carbonyl (C=O) groups is 1. The number of unbranched alkanes of at least 4 members (excludes halogenated alkanes) is 2. The van der Waals surface area contributed by atoms with E-state index in [2.05, 4.69) is 12.2 Å². The minimum Gasteiger partial charge on any atom is -0.388 e. The first-order chi connectivity index (χ1) is 6.74. The largest absolute Gasteiger partial charge is 0.388 e. The van der Waals surface area contributed by atoms with Crippen molar-refractivity contribution in [2.45, 2.75) is 39.5 Å². The molecular formula is C12H19NO. The molecule has 0 unspecified atom stereocenters. The van der Waals surface area contributed by atoms with Gasteiger partial charge < -0.3 is 5.32 Å². The van der Waals surface area contributed by atoms with Gasteiger partial charge in [-0.1, -0.05) is 25.8 Å². The highest BCUT2D eigenvalue weighted by Crippen LogP contribution is 2.13. The average Bonchev–Trinajstić information content (AvgIpc) is 2.18. The van der Waals surface area contributed by atoms with Crippen molar-refractivity contribution in [3.63, 3.8) is 0 Å². The van der Waals surface area contributed by atoms with Crippen molar-refractivity contribution in [3.05, 3.63) is 23.4 Å². The van der Waals surface area contributed by atoms with E-state index >= 15 is 0 Å². The molecule has 0 saturated carbocycles. The molecule has 0 aromatic carbocycles. The quantitative estimate of drug-likeness (QED) is 0.680. The SMILES string of the molecule is CCCCCNC1=C(C)C=CC(=O)C1. The summed E-state index contributed by atoms with van der Waals surface area (Å²) >= 11 is 0. The molecule has 0 saturated heterocycles. The van der Waals surface area contributed by atoms with Crippen LogP contribution < -0.4 is 5.32 Å². The Morgan fingerprint density at radius 3 is 2.86 bits per heavy atom. The molecule has 0 aromatic rings. The summed E-state index contributed by atoms with van der Waals surface area (Å²) < 4.78 is 0. The van der Waals surface area contributed by atoms with Gasteiger partial charge in [-0.3, -0.25) is 4.79 Å².